The van der Waals surface area contributed by atoms with E-state index >= 15 is 0 Å². The highest BCUT2D eigenvalue weighted by molar-refractivity contribution is 5.86. The Morgan fingerprint density at radius 2 is 1.96 bits per heavy atom. The van der Waals surface area contributed by atoms with E-state index < -0.39 is 0 Å². The second kappa shape index (κ2) is 6.78. The van der Waals surface area contributed by atoms with Crippen LogP contribution in [0.3, 0.4) is 0 Å². The predicted octanol–water partition coefficient (Wildman–Crippen LogP) is 3.98. The average molecular weight is 336 g/mol. The molecule has 1 fully saturated rings. The molecule has 6 heteroatoms. The lowest BCUT2D eigenvalue weighted by molar-refractivity contribution is 0.664. The van der Waals surface area contributed by atoms with Gasteiger partial charge in [-0.15, -0.1) is 0 Å². The number of anilines is 1. The minimum Gasteiger partial charge on any atom is -0.363 e. The Labute approximate surface area is 147 Å². The van der Waals surface area contributed by atoms with E-state index in [1.165, 1.54) is 31.2 Å². The molecule has 0 aromatic carbocycles. The molecule has 25 heavy (non-hydrogen) atoms. The molecule has 1 aliphatic rings. The Kier molecular flexibility index (Phi) is 4.34. The Balaban J connectivity index is 1.74. The Morgan fingerprint density at radius 1 is 1.20 bits per heavy atom. The largest absolute Gasteiger partial charge is 0.363 e. The molecule has 1 aliphatic carbocycles. The number of fused-ring (bicyclic) bond motifs is 1. The van der Waals surface area contributed by atoms with Crippen LogP contribution in [0, 0.1) is 0 Å². The molecule has 3 aromatic heterocycles. The Hall–Kier alpha value is -2.50. The number of aromatic nitrogens is 5. The zero-order chi connectivity index (χ0) is 17.2. The summed E-state index contributed by atoms with van der Waals surface area (Å²) in [4.78, 5) is 13.9. The molecular weight excluding hydrogens is 312 g/mol. The molecule has 3 heterocycles. The van der Waals surface area contributed by atoms with Gasteiger partial charge in [-0.3, -0.25) is 9.67 Å². The minimum atomic E-state index is 0.192. The Bertz CT molecular complexity index is 851. The van der Waals surface area contributed by atoms with E-state index in [0.717, 1.165) is 29.1 Å². The van der Waals surface area contributed by atoms with E-state index in [1.807, 2.05) is 30.3 Å². The van der Waals surface area contributed by atoms with E-state index in [0.29, 0.717) is 5.92 Å². The third-order valence-corrected chi connectivity index (χ3v) is 5.16. The van der Waals surface area contributed by atoms with Crippen LogP contribution in [-0.4, -0.2) is 24.7 Å². The van der Waals surface area contributed by atoms with Gasteiger partial charge in [0.05, 0.1) is 17.6 Å². The topological polar surface area (TPSA) is 68.5 Å². The van der Waals surface area contributed by atoms with E-state index in [4.69, 9.17) is 9.97 Å². The monoisotopic (exact) mass is 336 g/mol. The summed E-state index contributed by atoms with van der Waals surface area (Å²) < 4.78 is 1.84. The molecule has 1 N–H and O–H groups in total. The summed E-state index contributed by atoms with van der Waals surface area (Å²) in [6.45, 7) is 2.18. The highest BCUT2D eigenvalue weighted by atomic mass is 15.3. The number of hydrogen-bond donors (Lipinski definition) is 1. The van der Waals surface area contributed by atoms with Gasteiger partial charge >= 0.3 is 0 Å². The summed E-state index contributed by atoms with van der Waals surface area (Å²) in [5, 5.41) is 9.01. The van der Waals surface area contributed by atoms with Gasteiger partial charge in [-0.1, -0.05) is 19.8 Å². The summed E-state index contributed by atoms with van der Waals surface area (Å²) in [6.07, 6.45) is 11.4. The molecular formula is C19H24N6. The van der Waals surface area contributed by atoms with E-state index in [-0.39, 0.29) is 6.04 Å². The first-order valence-electron chi connectivity index (χ1n) is 9.12. The van der Waals surface area contributed by atoms with Crippen LogP contribution >= 0.6 is 0 Å². The predicted molar refractivity (Wildman–Crippen MR) is 98.4 cm³/mol. The summed E-state index contributed by atoms with van der Waals surface area (Å²) in [6, 6.07) is 4.30. The first-order chi connectivity index (χ1) is 12.3. The van der Waals surface area contributed by atoms with Gasteiger partial charge < -0.3 is 5.32 Å². The first-order valence-corrected chi connectivity index (χ1v) is 9.12. The third kappa shape index (κ3) is 3.08. The molecule has 3 aromatic rings. The van der Waals surface area contributed by atoms with Crippen LogP contribution in [0.25, 0.3) is 11.0 Å². The molecule has 130 valence electrons. The van der Waals surface area contributed by atoms with Crippen LogP contribution in [0.15, 0.2) is 30.7 Å². The lowest BCUT2D eigenvalue weighted by Crippen LogP contribution is -2.13. The van der Waals surface area contributed by atoms with Crippen molar-refractivity contribution < 1.29 is 0 Å². The number of nitrogens with one attached hydrogen (secondary N) is 1. The van der Waals surface area contributed by atoms with Gasteiger partial charge in [0.25, 0.3) is 0 Å². The number of rotatable bonds is 5. The zero-order valence-corrected chi connectivity index (χ0v) is 14.8. The van der Waals surface area contributed by atoms with Crippen molar-refractivity contribution in [3.8, 4) is 0 Å². The van der Waals surface area contributed by atoms with Crippen molar-refractivity contribution in [2.75, 3.05) is 5.32 Å². The van der Waals surface area contributed by atoms with Crippen molar-refractivity contribution in [1.29, 1.82) is 0 Å². The molecule has 0 saturated heterocycles. The highest BCUT2D eigenvalue weighted by Gasteiger charge is 2.23. The molecule has 0 amide bonds. The highest BCUT2D eigenvalue weighted by Crippen LogP contribution is 2.34. The standard InChI is InChI=1S/C19H24N6/c1-3-16(13-8-10-20-11-9-13)22-18-15-12-21-25(2)19(15)24-17(23-18)14-6-4-5-7-14/h8-12,14,16H,3-7H2,1-2H3,(H,22,23,24)/t16-/m1/s1. The van der Waals surface area contributed by atoms with Crippen molar-refractivity contribution in [2.24, 2.45) is 7.05 Å². The molecule has 0 unspecified atom stereocenters. The molecule has 0 aliphatic heterocycles. The molecule has 1 saturated carbocycles. The van der Waals surface area contributed by atoms with Gasteiger partial charge in [0.1, 0.15) is 11.6 Å². The Morgan fingerprint density at radius 3 is 2.68 bits per heavy atom. The summed E-state index contributed by atoms with van der Waals surface area (Å²) >= 11 is 0. The molecule has 4 rings (SSSR count). The summed E-state index contributed by atoms with van der Waals surface area (Å²) in [5.74, 6) is 2.32. The SMILES string of the molecule is CC[C@@H](Nc1nc(C2CCCC2)nc2c1cnn2C)c1ccncc1. The number of aryl methyl sites for hydroxylation is 1. The minimum absolute atomic E-state index is 0.192. The quantitative estimate of drug-likeness (QED) is 0.763. The van der Waals surface area contributed by atoms with Crippen molar-refractivity contribution in [3.05, 3.63) is 42.1 Å². The van der Waals surface area contributed by atoms with Crippen molar-refractivity contribution >= 4 is 16.9 Å². The molecule has 0 bridgehead atoms. The van der Waals surface area contributed by atoms with Crippen molar-refractivity contribution in [1.82, 2.24) is 24.7 Å². The fourth-order valence-electron chi connectivity index (χ4n) is 3.70. The van der Waals surface area contributed by atoms with Gasteiger partial charge in [0, 0.05) is 25.4 Å². The summed E-state index contributed by atoms with van der Waals surface area (Å²) in [7, 11) is 1.94. The van der Waals surface area contributed by atoms with Crippen LogP contribution in [0.2, 0.25) is 0 Å². The van der Waals surface area contributed by atoms with Gasteiger partial charge in [0.2, 0.25) is 0 Å². The first kappa shape index (κ1) is 16.0. The molecule has 6 nitrogen and oxygen atoms in total. The normalized spacial score (nSPS) is 16.4. The van der Waals surface area contributed by atoms with Crippen molar-refractivity contribution in [2.45, 2.75) is 51.0 Å². The van der Waals surface area contributed by atoms with Crippen LogP contribution in [0.5, 0.6) is 0 Å². The molecule has 0 radical (unpaired) electrons. The summed E-state index contributed by atoms with van der Waals surface area (Å²) in [5.41, 5.74) is 2.12. The van der Waals surface area contributed by atoms with Crippen LogP contribution in [0.1, 0.15) is 62.4 Å². The maximum atomic E-state index is 4.92. The average Bonchev–Trinajstić information content (AvgIpc) is 3.31. The van der Waals surface area contributed by atoms with Crippen LogP contribution < -0.4 is 5.32 Å². The van der Waals surface area contributed by atoms with E-state index in [2.05, 4.69) is 34.5 Å². The maximum absolute atomic E-state index is 4.92. The maximum Gasteiger partial charge on any atom is 0.163 e. The second-order valence-electron chi connectivity index (χ2n) is 6.80. The van der Waals surface area contributed by atoms with Gasteiger partial charge in [-0.05, 0) is 37.0 Å². The second-order valence-corrected chi connectivity index (χ2v) is 6.80. The van der Waals surface area contributed by atoms with Crippen molar-refractivity contribution in [3.63, 3.8) is 0 Å². The van der Waals surface area contributed by atoms with Crippen LogP contribution in [0.4, 0.5) is 5.82 Å². The number of pyridine rings is 1. The number of nitrogens with zero attached hydrogens (tertiary/aromatic N) is 5. The van der Waals surface area contributed by atoms with Gasteiger partial charge in [-0.2, -0.15) is 5.10 Å². The fraction of sp³-hybridized carbons (Fsp3) is 0.474. The third-order valence-electron chi connectivity index (χ3n) is 5.16. The molecule has 1 atom stereocenters. The van der Waals surface area contributed by atoms with Crippen LogP contribution in [-0.2, 0) is 7.05 Å². The number of hydrogen-bond acceptors (Lipinski definition) is 5. The van der Waals surface area contributed by atoms with E-state index in [1.54, 1.807) is 0 Å². The lowest BCUT2D eigenvalue weighted by Gasteiger charge is -2.19. The van der Waals surface area contributed by atoms with E-state index in [9.17, 15) is 0 Å². The smallest absolute Gasteiger partial charge is 0.163 e. The van der Waals surface area contributed by atoms with Gasteiger partial charge in [-0.25, -0.2) is 9.97 Å². The lowest BCUT2D eigenvalue weighted by atomic mass is 10.1. The molecule has 0 spiro atoms. The van der Waals surface area contributed by atoms with Gasteiger partial charge in [0.15, 0.2) is 5.65 Å². The zero-order valence-electron chi connectivity index (χ0n) is 14.8. The fourth-order valence-corrected chi connectivity index (χ4v) is 3.70.